The number of halogens is 1. The van der Waals surface area contributed by atoms with E-state index in [2.05, 4.69) is 20.9 Å². The predicted molar refractivity (Wildman–Crippen MR) is 56.7 cm³/mol. The highest BCUT2D eigenvalue weighted by molar-refractivity contribution is 9.10. The Kier molecular flexibility index (Phi) is 3.09. The van der Waals surface area contributed by atoms with Crippen LogP contribution in [0.2, 0.25) is 0 Å². The molecule has 0 saturated carbocycles. The number of rotatable bonds is 2. The summed E-state index contributed by atoms with van der Waals surface area (Å²) in [6.45, 7) is 6.04. The second kappa shape index (κ2) is 3.76. The minimum atomic E-state index is -0.342. The Balaban J connectivity index is 3.22. The van der Waals surface area contributed by atoms with Gasteiger partial charge in [-0.05, 0) is 48.3 Å². The van der Waals surface area contributed by atoms with Gasteiger partial charge in [0, 0.05) is 17.8 Å². The van der Waals surface area contributed by atoms with Crippen molar-refractivity contribution in [3.05, 3.63) is 28.0 Å². The Labute approximate surface area is 87.5 Å². The molecule has 2 nitrogen and oxygen atoms in total. The van der Waals surface area contributed by atoms with Crippen molar-refractivity contribution in [3.8, 4) is 0 Å². The van der Waals surface area contributed by atoms with E-state index in [0.717, 1.165) is 10.2 Å². The third-order valence-corrected chi connectivity index (χ3v) is 3.16. The Bertz CT molecular complexity index is 310. The topological polar surface area (TPSA) is 22.1 Å². The van der Waals surface area contributed by atoms with Crippen molar-refractivity contribution in [1.29, 1.82) is 0 Å². The number of ether oxygens (including phenoxy) is 1. The molecule has 13 heavy (non-hydrogen) atoms. The number of nitrogens with zero attached hydrogens (tertiary/aromatic N) is 1. The maximum absolute atomic E-state index is 5.37. The minimum absolute atomic E-state index is 0.342. The molecule has 0 aromatic carbocycles. The van der Waals surface area contributed by atoms with Gasteiger partial charge < -0.3 is 4.74 Å². The summed E-state index contributed by atoms with van der Waals surface area (Å²) in [4.78, 5) is 4.31. The van der Waals surface area contributed by atoms with Crippen LogP contribution < -0.4 is 0 Å². The third-order valence-electron chi connectivity index (χ3n) is 2.16. The number of hydrogen-bond donors (Lipinski definition) is 0. The summed E-state index contributed by atoms with van der Waals surface area (Å²) in [6, 6.07) is 1.97. The molecule has 0 amide bonds. The Hall–Kier alpha value is -0.410. The lowest BCUT2D eigenvalue weighted by atomic mass is 10.0. The molecule has 0 aliphatic rings. The van der Waals surface area contributed by atoms with E-state index in [1.54, 1.807) is 13.3 Å². The lowest BCUT2D eigenvalue weighted by Gasteiger charge is -2.23. The van der Waals surface area contributed by atoms with E-state index < -0.39 is 0 Å². The fourth-order valence-electron chi connectivity index (χ4n) is 1.06. The summed E-state index contributed by atoms with van der Waals surface area (Å²) in [5.41, 5.74) is 1.77. The third kappa shape index (κ3) is 2.09. The molecule has 1 rings (SSSR count). The molecule has 0 spiro atoms. The van der Waals surface area contributed by atoms with Gasteiger partial charge in [-0.1, -0.05) is 0 Å². The van der Waals surface area contributed by atoms with Gasteiger partial charge in [0.1, 0.15) is 5.60 Å². The highest BCUT2D eigenvalue weighted by Crippen LogP contribution is 2.30. The first-order valence-corrected chi connectivity index (χ1v) is 4.95. The van der Waals surface area contributed by atoms with E-state index in [9.17, 15) is 0 Å². The molecule has 0 radical (unpaired) electrons. The molecule has 1 aromatic heterocycles. The number of hydrogen-bond acceptors (Lipinski definition) is 2. The highest BCUT2D eigenvalue weighted by atomic mass is 79.9. The molecule has 0 aliphatic heterocycles. The van der Waals surface area contributed by atoms with Crippen molar-refractivity contribution in [1.82, 2.24) is 4.98 Å². The standard InChI is InChI=1S/C10H14BrNO/c1-7-5-6-12-9(8(7)11)10(2,3)13-4/h5-6H,1-4H3. The van der Waals surface area contributed by atoms with Crippen LogP contribution in [0.3, 0.4) is 0 Å². The maximum atomic E-state index is 5.37. The Morgan fingerprint density at radius 3 is 2.62 bits per heavy atom. The van der Waals surface area contributed by atoms with Crippen LogP contribution in [0, 0.1) is 6.92 Å². The Morgan fingerprint density at radius 1 is 1.46 bits per heavy atom. The van der Waals surface area contributed by atoms with Gasteiger partial charge in [0.15, 0.2) is 0 Å². The van der Waals surface area contributed by atoms with Crippen molar-refractivity contribution in [3.63, 3.8) is 0 Å². The molecular formula is C10H14BrNO. The quantitative estimate of drug-likeness (QED) is 0.797. The second-order valence-corrected chi connectivity index (χ2v) is 4.30. The largest absolute Gasteiger partial charge is 0.372 e. The van der Waals surface area contributed by atoms with Crippen LogP contribution in [-0.4, -0.2) is 12.1 Å². The molecule has 0 bridgehead atoms. The molecule has 3 heteroatoms. The van der Waals surface area contributed by atoms with Crippen LogP contribution in [0.1, 0.15) is 25.1 Å². The van der Waals surface area contributed by atoms with Gasteiger partial charge in [0.05, 0.1) is 5.69 Å². The molecule has 0 fully saturated rings. The van der Waals surface area contributed by atoms with E-state index in [4.69, 9.17) is 4.74 Å². The summed E-state index contributed by atoms with van der Waals surface area (Å²) < 4.78 is 6.40. The van der Waals surface area contributed by atoms with E-state index in [1.807, 2.05) is 26.8 Å². The summed E-state index contributed by atoms with van der Waals surface area (Å²) in [7, 11) is 1.69. The molecule has 0 aliphatic carbocycles. The van der Waals surface area contributed by atoms with Gasteiger partial charge in [0.25, 0.3) is 0 Å². The van der Waals surface area contributed by atoms with Crippen molar-refractivity contribution in [2.75, 3.05) is 7.11 Å². The monoisotopic (exact) mass is 243 g/mol. The lowest BCUT2D eigenvalue weighted by molar-refractivity contribution is 0.0148. The van der Waals surface area contributed by atoms with Gasteiger partial charge in [-0.2, -0.15) is 0 Å². The maximum Gasteiger partial charge on any atom is 0.105 e. The molecule has 72 valence electrons. The van der Waals surface area contributed by atoms with Crippen LogP contribution in [0.25, 0.3) is 0 Å². The zero-order valence-electron chi connectivity index (χ0n) is 8.39. The average Bonchev–Trinajstić information content (AvgIpc) is 2.09. The smallest absolute Gasteiger partial charge is 0.105 e. The first-order chi connectivity index (χ1) is 5.99. The molecule has 1 heterocycles. The Morgan fingerprint density at radius 2 is 2.08 bits per heavy atom. The van der Waals surface area contributed by atoms with E-state index in [0.29, 0.717) is 0 Å². The molecule has 0 atom stereocenters. The van der Waals surface area contributed by atoms with Crippen molar-refractivity contribution in [2.24, 2.45) is 0 Å². The molecule has 0 unspecified atom stereocenters. The van der Waals surface area contributed by atoms with Crippen LogP contribution in [-0.2, 0) is 10.3 Å². The van der Waals surface area contributed by atoms with Crippen LogP contribution in [0.15, 0.2) is 16.7 Å². The fraction of sp³-hybridized carbons (Fsp3) is 0.500. The SMILES string of the molecule is COC(C)(C)c1nccc(C)c1Br. The van der Waals surface area contributed by atoms with Crippen LogP contribution >= 0.6 is 15.9 Å². The minimum Gasteiger partial charge on any atom is -0.372 e. The predicted octanol–water partition coefficient (Wildman–Crippen LogP) is 3.03. The number of aryl methyl sites for hydroxylation is 1. The number of methoxy groups -OCH3 is 1. The van der Waals surface area contributed by atoms with Crippen LogP contribution in [0.5, 0.6) is 0 Å². The zero-order valence-corrected chi connectivity index (χ0v) is 9.97. The molecule has 0 N–H and O–H groups in total. The summed E-state index contributed by atoms with van der Waals surface area (Å²) in [5.74, 6) is 0. The lowest BCUT2D eigenvalue weighted by Crippen LogP contribution is -2.22. The van der Waals surface area contributed by atoms with Gasteiger partial charge in [0.2, 0.25) is 0 Å². The normalized spacial score (nSPS) is 11.8. The summed E-state index contributed by atoms with van der Waals surface area (Å²) in [6.07, 6.45) is 1.80. The van der Waals surface area contributed by atoms with Crippen molar-refractivity contribution >= 4 is 15.9 Å². The van der Waals surface area contributed by atoms with Crippen molar-refractivity contribution in [2.45, 2.75) is 26.4 Å². The van der Waals surface area contributed by atoms with Gasteiger partial charge in [-0.3, -0.25) is 4.98 Å². The van der Waals surface area contributed by atoms with Crippen molar-refractivity contribution < 1.29 is 4.74 Å². The average molecular weight is 244 g/mol. The second-order valence-electron chi connectivity index (χ2n) is 3.50. The first-order valence-electron chi connectivity index (χ1n) is 4.16. The zero-order chi connectivity index (χ0) is 10.1. The molecular weight excluding hydrogens is 230 g/mol. The summed E-state index contributed by atoms with van der Waals surface area (Å²) >= 11 is 3.51. The fourth-order valence-corrected chi connectivity index (χ4v) is 1.77. The first kappa shape index (κ1) is 10.7. The van der Waals surface area contributed by atoms with E-state index in [-0.39, 0.29) is 5.60 Å². The number of pyridine rings is 1. The molecule has 0 saturated heterocycles. The van der Waals surface area contributed by atoms with Gasteiger partial charge in [-0.15, -0.1) is 0 Å². The van der Waals surface area contributed by atoms with Gasteiger partial charge in [-0.25, -0.2) is 0 Å². The molecule has 1 aromatic rings. The van der Waals surface area contributed by atoms with E-state index >= 15 is 0 Å². The van der Waals surface area contributed by atoms with E-state index in [1.165, 1.54) is 5.56 Å². The number of aromatic nitrogens is 1. The summed E-state index contributed by atoms with van der Waals surface area (Å²) in [5, 5.41) is 0. The van der Waals surface area contributed by atoms with Gasteiger partial charge >= 0.3 is 0 Å². The highest BCUT2D eigenvalue weighted by Gasteiger charge is 2.24. The van der Waals surface area contributed by atoms with Crippen LogP contribution in [0.4, 0.5) is 0 Å².